The van der Waals surface area contributed by atoms with Gasteiger partial charge in [-0.25, -0.2) is 0 Å². The first-order chi connectivity index (χ1) is 15.7. The van der Waals surface area contributed by atoms with Gasteiger partial charge in [0.15, 0.2) is 5.82 Å². The molecule has 1 aromatic heterocycles. The van der Waals surface area contributed by atoms with E-state index in [9.17, 15) is 4.79 Å². The normalized spacial score (nSPS) is 12.5. The number of aryl methyl sites for hydroxylation is 1. The number of carbonyl (C=O) groups is 1. The smallest absolute Gasteiger partial charge is 0.256 e. The van der Waals surface area contributed by atoms with Crippen molar-refractivity contribution in [2.24, 2.45) is 0 Å². The Hall–Kier alpha value is -3.41. The molecule has 0 spiro atoms. The number of rotatable bonds is 5. The Bertz CT molecular complexity index is 1270. The van der Waals surface area contributed by atoms with Crippen LogP contribution in [0.4, 0.5) is 5.82 Å². The quantitative estimate of drug-likeness (QED) is 0.430. The fraction of sp³-hybridized carbons (Fsp3) is 0.185. The number of fused-ring (bicyclic) bond motifs is 1. The number of anilines is 1. The van der Waals surface area contributed by atoms with Crippen molar-refractivity contribution in [2.45, 2.75) is 26.4 Å². The Morgan fingerprint density at radius 2 is 1.79 bits per heavy atom. The van der Waals surface area contributed by atoms with Crippen molar-refractivity contribution in [2.75, 3.05) is 11.9 Å². The van der Waals surface area contributed by atoms with E-state index in [1.54, 1.807) is 0 Å². The number of amides is 1. The van der Waals surface area contributed by atoms with Crippen molar-refractivity contribution in [1.82, 2.24) is 15.1 Å². The lowest BCUT2D eigenvalue weighted by atomic mass is 9.98. The predicted molar refractivity (Wildman–Crippen MR) is 135 cm³/mol. The highest BCUT2D eigenvalue weighted by Crippen LogP contribution is 2.25. The van der Waals surface area contributed by atoms with Crippen molar-refractivity contribution in [1.29, 1.82) is 0 Å². The molecule has 3 aromatic carbocycles. The van der Waals surface area contributed by atoms with Gasteiger partial charge in [0, 0.05) is 23.9 Å². The standard InChI is InChI=1S/C27H26N4O.ClH/c1-19-15-26(29-27(32)22-11-12-23-17-28-14-13-21(23)16-22)30-31(19)18-24-9-5-6-10-25(24)20-7-3-2-4-8-20;/h2-12,15-16,28H,13-14,17-18H2,1H3,(H,29,30,32);1H. The Morgan fingerprint density at radius 3 is 2.64 bits per heavy atom. The topological polar surface area (TPSA) is 59.0 Å². The number of aromatic nitrogens is 2. The number of halogens is 1. The second-order valence-electron chi connectivity index (χ2n) is 8.22. The predicted octanol–water partition coefficient (Wildman–Crippen LogP) is 5.23. The van der Waals surface area contributed by atoms with E-state index in [1.807, 2.05) is 41.9 Å². The summed E-state index contributed by atoms with van der Waals surface area (Å²) in [5, 5.41) is 11.0. The van der Waals surface area contributed by atoms with Gasteiger partial charge in [0.25, 0.3) is 5.91 Å². The van der Waals surface area contributed by atoms with Gasteiger partial charge in [-0.05, 0) is 59.8 Å². The molecule has 5 rings (SSSR count). The van der Waals surface area contributed by atoms with Gasteiger partial charge in [0.1, 0.15) is 0 Å². The lowest BCUT2D eigenvalue weighted by molar-refractivity contribution is 0.102. The van der Waals surface area contributed by atoms with Gasteiger partial charge in [-0.15, -0.1) is 12.4 Å². The molecule has 0 bridgehead atoms. The highest BCUT2D eigenvalue weighted by atomic mass is 35.5. The van der Waals surface area contributed by atoms with Gasteiger partial charge < -0.3 is 10.6 Å². The zero-order valence-electron chi connectivity index (χ0n) is 18.5. The molecule has 6 heteroatoms. The molecule has 168 valence electrons. The summed E-state index contributed by atoms with van der Waals surface area (Å²) in [5.74, 6) is 0.449. The van der Waals surface area contributed by atoms with Crippen LogP contribution in [0.15, 0.2) is 78.9 Å². The third kappa shape index (κ3) is 5.00. The number of benzene rings is 3. The molecule has 0 fully saturated rings. The number of nitrogens with one attached hydrogen (secondary N) is 2. The average Bonchev–Trinajstić information content (AvgIpc) is 3.18. The van der Waals surface area contributed by atoms with Gasteiger partial charge in [0.05, 0.1) is 6.54 Å². The highest BCUT2D eigenvalue weighted by molar-refractivity contribution is 6.04. The first-order valence-corrected chi connectivity index (χ1v) is 11.0. The van der Waals surface area contributed by atoms with Crippen LogP contribution in [0.5, 0.6) is 0 Å². The summed E-state index contributed by atoms with van der Waals surface area (Å²) in [6, 6.07) is 26.6. The van der Waals surface area contributed by atoms with E-state index >= 15 is 0 Å². The van der Waals surface area contributed by atoms with Crippen LogP contribution in [0.2, 0.25) is 0 Å². The zero-order valence-corrected chi connectivity index (χ0v) is 19.4. The summed E-state index contributed by atoms with van der Waals surface area (Å²) < 4.78 is 1.94. The third-order valence-electron chi connectivity index (χ3n) is 6.00. The minimum absolute atomic E-state index is 0. The second-order valence-corrected chi connectivity index (χ2v) is 8.22. The second kappa shape index (κ2) is 10.0. The van der Waals surface area contributed by atoms with Gasteiger partial charge in [-0.1, -0.05) is 60.7 Å². The molecule has 0 saturated carbocycles. The fourth-order valence-corrected chi connectivity index (χ4v) is 4.26. The molecule has 0 unspecified atom stereocenters. The monoisotopic (exact) mass is 458 g/mol. The van der Waals surface area contributed by atoms with Crippen molar-refractivity contribution in [3.05, 3.63) is 107 Å². The Labute approximate surface area is 200 Å². The summed E-state index contributed by atoms with van der Waals surface area (Å²) >= 11 is 0. The molecule has 1 aliphatic rings. The van der Waals surface area contributed by atoms with E-state index < -0.39 is 0 Å². The molecule has 4 aromatic rings. The minimum atomic E-state index is -0.124. The van der Waals surface area contributed by atoms with Gasteiger partial charge in [-0.3, -0.25) is 9.48 Å². The van der Waals surface area contributed by atoms with E-state index in [0.29, 0.717) is 17.9 Å². The first-order valence-electron chi connectivity index (χ1n) is 11.0. The number of nitrogens with zero attached hydrogens (tertiary/aromatic N) is 2. The molecule has 1 aliphatic heterocycles. The lowest BCUT2D eigenvalue weighted by Crippen LogP contribution is -2.24. The van der Waals surface area contributed by atoms with Crippen LogP contribution in [0, 0.1) is 6.92 Å². The summed E-state index contributed by atoms with van der Waals surface area (Å²) in [7, 11) is 0. The minimum Gasteiger partial charge on any atom is -0.312 e. The SMILES string of the molecule is Cc1cc(NC(=O)c2ccc3c(c2)CCNC3)nn1Cc1ccccc1-c1ccccc1.Cl. The van der Waals surface area contributed by atoms with Crippen LogP contribution in [-0.2, 0) is 19.5 Å². The molecule has 0 aliphatic carbocycles. The molecule has 5 nitrogen and oxygen atoms in total. The molecular formula is C27H27ClN4O. The maximum absolute atomic E-state index is 12.8. The molecule has 1 amide bonds. The van der Waals surface area contributed by atoms with E-state index in [0.717, 1.165) is 25.2 Å². The maximum atomic E-state index is 12.8. The summed E-state index contributed by atoms with van der Waals surface area (Å²) in [5.41, 5.74) is 7.75. The van der Waals surface area contributed by atoms with Crippen LogP contribution in [0.3, 0.4) is 0 Å². The fourth-order valence-electron chi connectivity index (χ4n) is 4.26. The van der Waals surface area contributed by atoms with E-state index in [1.165, 1.54) is 27.8 Å². The molecule has 0 saturated heterocycles. The molecule has 33 heavy (non-hydrogen) atoms. The Morgan fingerprint density at radius 1 is 1.00 bits per heavy atom. The van der Waals surface area contributed by atoms with Crippen LogP contribution < -0.4 is 10.6 Å². The van der Waals surface area contributed by atoms with Gasteiger partial charge in [0.2, 0.25) is 0 Å². The van der Waals surface area contributed by atoms with Crippen molar-refractivity contribution >= 4 is 24.1 Å². The van der Waals surface area contributed by atoms with Crippen molar-refractivity contribution in [3.63, 3.8) is 0 Å². The molecule has 0 atom stereocenters. The summed E-state index contributed by atoms with van der Waals surface area (Å²) in [4.78, 5) is 12.8. The van der Waals surface area contributed by atoms with Crippen LogP contribution in [0.1, 0.15) is 32.7 Å². The van der Waals surface area contributed by atoms with Gasteiger partial charge in [-0.2, -0.15) is 5.10 Å². The van der Waals surface area contributed by atoms with Crippen LogP contribution in [-0.4, -0.2) is 22.2 Å². The van der Waals surface area contributed by atoms with Crippen LogP contribution >= 0.6 is 12.4 Å². The summed E-state index contributed by atoms with van der Waals surface area (Å²) in [6.07, 6.45) is 0.949. The lowest BCUT2D eigenvalue weighted by Gasteiger charge is -2.17. The average molecular weight is 459 g/mol. The first kappa shape index (κ1) is 22.8. The largest absolute Gasteiger partial charge is 0.312 e. The molecule has 2 N–H and O–H groups in total. The third-order valence-corrected chi connectivity index (χ3v) is 6.00. The van der Waals surface area contributed by atoms with Crippen molar-refractivity contribution < 1.29 is 4.79 Å². The van der Waals surface area contributed by atoms with Crippen LogP contribution in [0.25, 0.3) is 11.1 Å². The highest BCUT2D eigenvalue weighted by Gasteiger charge is 2.15. The maximum Gasteiger partial charge on any atom is 0.256 e. The Balaban J connectivity index is 0.00000259. The van der Waals surface area contributed by atoms with E-state index in [2.05, 4.69) is 64.3 Å². The number of hydrogen-bond donors (Lipinski definition) is 2. The number of carbonyl (C=O) groups excluding carboxylic acids is 1. The zero-order chi connectivity index (χ0) is 21.9. The van der Waals surface area contributed by atoms with Gasteiger partial charge >= 0.3 is 0 Å². The summed E-state index contributed by atoms with van der Waals surface area (Å²) in [6.45, 7) is 4.47. The van der Waals surface area contributed by atoms with Crippen molar-refractivity contribution in [3.8, 4) is 11.1 Å². The molecular weight excluding hydrogens is 432 g/mol. The van der Waals surface area contributed by atoms with E-state index in [-0.39, 0.29) is 18.3 Å². The number of hydrogen-bond acceptors (Lipinski definition) is 3. The Kier molecular flexibility index (Phi) is 6.92. The molecule has 0 radical (unpaired) electrons. The van der Waals surface area contributed by atoms with E-state index in [4.69, 9.17) is 0 Å². The molecule has 2 heterocycles.